The first-order valence-corrected chi connectivity index (χ1v) is 10.5. The summed E-state index contributed by atoms with van der Waals surface area (Å²) in [5.74, 6) is 0.180. The molecule has 1 atom stereocenters. The van der Waals surface area contributed by atoms with Crippen LogP contribution in [0.25, 0.3) is 0 Å². The van der Waals surface area contributed by atoms with E-state index in [1.54, 1.807) is 13.0 Å². The van der Waals surface area contributed by atoms with Crippen LogP contribution in [-0.2, 0) is 21.2 Å². The Balaban J connectivity index is 1.75. The molecule has 0 saturated carbocycles. The summed E-state index contributed by atoms with van der Waals surface area (Å²) in [5.41, 5.74) is 2.07. The molecule has 26 heavy (non-hydrogen) atoms. The van der Waals surface area contributed by atoms with Crippen molar-refractivity contribution in [3.63, 3.8) is 0 Å². The van der Waals surface area contributed by atoms with Crippen molar-refractivity contribution in [3.05, 3.63) is 46.4 Å². The van der Waals surface area contributed by atoms with Crippen LogP contribution in [0.2, 0.25) is 0 Å². The Kier molecular flexibility index (Phi) is 4.19. The summed E-state index contributed by atoms with van der Waals surface area (Å²) in [6.07, 6.45) is 0.995. The van der Waals surface area contributed by atoms with Gasteiger partial charge in [0.2, 0.25) is 0 Å². The zero-order valence-electron chi connectivity index (χ0n) is 14.0. The molecule has 2 aromatic carbocycles. The monoisotopic (exact) mass is 436 g/mol. The van der Waals surface area contributed by atoms with Crippen LogP contribution in [0.4, 0.5) is 11.4 Å². The van der Waals surface area contributed by atoms with Crippen molar-refractivity contribution in [1.82, 2.24) is 0 Å². The lowest BCUT2D eigenvalue weighted by atomic mass is 10.0. The Morgan fingerprint density at radius 1 is 1.23 bits per heavy atom. The van der Waals surface area contributed by atoms with E-state index in [-0.39, 0.29) is 10.8 Å². The van der Waals surface area contributed by atoms with Crippen molar-refractivity contribution >= 4 is 43.2 Å². The second-order valence-electron chi connectivity index (χ2n) is 6.36. The van der Waals surface area contributed by atoms with E-state index in [1.807, 2.05) is 18.2 Å². The third kappa shape index (κ3) is 2.87. The zero-order valence-corrected chi connectivity index (χ0v) is 16.4. The van der Waals surface area contributed by atoms with Crippen molar-refractivity contribution < 1.29 is 17.9 Å². The number of ether oxygens (including phenoxy) is 1. The highest BCUT2D eigenvalue weighted by Gasteiger charge is 2.31. The van der Waals surface area contributed by atoms with Crippen molar-refractivity contribution in [2.45, 2.75) is 30.8 Å². The first kappa shape index (κ1) is 17.4. The van der Waals surface area contributed by atoms with Crippen molar-refractivity contribution in [2.75, 3.05) is 16.2 Å². The van der Waals surface area contributed by atoms with Crippen LogP contribution in [0.1, 0.15) is 18.9 Å². The third-order valence-corrected chi connectivity index (χ3v) is 6.89. The second-order valence-corrected chi connectivity index (χ2v) is 9.14. The number of carbonyl (C=O) groups is 1. The fourth-order valence-corrected chi connectivity index (χ4v) is 5.23. The number of benzene rings is 2. The van der Waals surface area contributed by atoms with E-state index in [1.165, 1.54) is 16.4 Å². The van der Waals surface area contributed by atoms with Gasteiger partial charge in [-0.1, -0.05) is 15.9 Å². The molecule has 2 aliphatic heterocycles. The van der Waals surface area contributed by atoms with Gasteiger partial charge in [0.05, 0.1) is 16.3 Å². The quantitative estimate of drug-likeness (QED) is 0.783. The Labute approximate surface area is 160 Å². The predicted molar refractivity (Wildman–Crippen MR) is 102 cm³/mol. The maximum atomic E-state index is 13.2. The molecule has 2 aliphatic rings. The zero-order chi connectivity index (χ0) is 18.5. The minimum atomic E-state index is -3.74. The van der Waals surface area contributed by atoms with Gasteiger partial charge < -0.3 is 10.1 Å². The SMILES string of the molecule is C[C@@H]1Oc2ccc(S(=O)(=O)N3CCCc4cc(Br)ccc43)cc2NC1=O. The summed E-state index contributed by atoms with van der Waals surface area (Å²) >= 11 is 3.44. The normalized spacial score (nSPS) is 19.2. The van der Waals surface area contributed by atoms with Gasteiger partial charge in [0, 0.05) is 11.0 Å². The van der Waals surface area contributed by atoms with Crippen LogP contribution >= 0.6 is 15.9 Å². The largest absolute Gasteiger partial charge is 0.479 e. The topological polar surface area (TPSA) is 75.7 Å². The molecule has 0 aromatic heterocycles. The highest BCUT2D eigenvalue weighted by atomic mass is 79.9. The number of hydrogen-bond donors (Lipinski definition) is 1. The smallest absolute Gasteiger partial charge is 0.265 e. The summed E-state index contributed by atoms with van der Waals surface area (Å²) in [7, 11) is -3.74. The standard InChI is InChI=1S/C18H17BrN2O4S/c1-11-18(22)20-15-10-14(5-7-17(15)25-11)26(23,24)21-8-2-3-12-9-13(19)4-6-16(12)21/h4-7,9-11H,2-3,8H2,1H3,(H,20,22)/t11-/m0/s1. The molecular weight excluding hydrogens is 420 g/mol. The number of rotatable bonds is 2. The van der Waals surface area contributed by atoms with E-state index in [0.717, 1.165) is 22.9 Å². The predicted octanol–water partition coefficient (Wildman–Crippen LogP) is 3.31. The van der Waals surface area contributed by atoms with Crippen molar-refractivity contribution in [1.29, 1.82) is 0 Å². The van der Waals surface area contributed by atoms with Gasteiger partial charge in [-0.05, 0) is 61.7 Å². The third-order valence-electron chi connectivity index (χ3n) is 4.59. The molecule has 0 bridgehead atoms. The molecular formula is C18H17BrN2O4S. The van der Waals surface area contributed by atoms with Gasteiger partial charge in [0.25, 0.3) is 15.9 Å². The minimum absolute atomic E-state index is 0.130. The van der Waals surface area contributed by atoms with Crippen LogP contribution in [0.5, 0.6) is 5.75 Å². The molecule has 0 aliphatic carbocycles. The summed E-state index contributed by atoms with van der Waals surface area (Å²) in [6, 6.07) is 10.2. The van der Waals surface area contributed by atoms with E-state index < -0.39 is 16.1 Å². The molecule has 1 N–H and O–H groups in total. The summed E-state index contributed by atoms with van der Waals surface area (Å²) in [4.78, 5) is 11.9. The van der Waals surface area contributed by atoms with Crippen LogP contribution in [-0.4, -0.2) is 27.0 Å². The fraction of sp³-hybridized carbons (Fsp3) is 0.278. The maximum absolute atomic E-state index is 13.2. The molecule has 0 radical (unpaired) electrons. The first-order valence-electron chi connectivity index (χ1n) is 8.29. The molecule has 6 nitrogen and oxygen atoms in total. The van der Waals surface area contributed by atoms with Gasteiger partial charge in [-0.3, -0.25) is 9.10 Å². The summed E-state index contributed by atoms with van der Waals surface area (Å²) in [6.45, 7) is 2.07. The number of sulfonamides is 1. The number of anilines is 2. The summed E-state index contributed by atoms with van der Waals surface area (Å²) in [5, 5.41) is 2.70. The van der Waals surface area contributed by atoms with Crippen LogP contribution in [0.15, 0.2) is 45.8 Å². The van der Waals surface area contributed by atoms with Gasteiger partial charge in [-0.15, -0.1) is 0 Å². The Morgan fingerprint density at radius 3 is 2.85 bits per heavy atom. The van der Waals surface area contributed by atoms with Gasteiger partial charge in [-0.2, -0.15) is 0 Å². The molecule has 8 heteroatoms. The summed E-state index contributed by atoms with van der Waals surface area (Å²) < 4.78 is 34.3. The van der Waals surface area contributed by atoms with Crippen molar-refractivity contribution in [2.24, 2.45) is 0 Å². The van der Waals surface area contributed by atoms with Gasteiger partial charge in [-0.25, -0.2) is 8.42 Å². The molecule has 0 unspecified atom stereocenters. The lowest BCUT2D eigenvalue weighted by Crippen LogP contribution is -2.36. The molecule has 1 amide bonds. The number of fused-ring (bicyclic) bond motifs is 2. The molecule has 0 saturated heterocycles. The van der Waals surface area contributed by atoms with Crippen LogP contribution in [0, 0.1) is 0 Å². The van der Waals surface area contributed by atoms with Gasteiger partial charge in [0.15, 0.2) is 6.10 Å². The molecule has 4 rings (SSSR count). The van der Waals surface area contributed by atoms with E-state index in [0.29, 0.717) is 23.7 Å². The maximum Gasteiger partial charge on any atom is 0.265 e. The molecule has 2 aromatic rings. The Hall–Kier alpha value is -2.06. The number of nitrogens with zero attached hydrogens (tertiary/aromatic N) is 1. The Morgan fingerprint density at radius 2 is 2.04 bits per heavy atom. The molecule has 136 valence electrons. The molecule has 2 heterocycles. The minimum Gasteiger partial charge on any atom is -0.479 e. The van der Waals surface area contributed by atoms with Gasteiger partial charge >= 0.3 is 0 Å². The van der Waals surface area contributed by atoms with Crippen LogP contribution in [0.3, 0.4) is 0 Å². The van der Waals surface area contributed by atoms with E-state index in [9.17, 15) is 13.2 Å². The lowest BCUT2D eigenvalue weighted by molar-refractivity contribution is -0.122. The molecule has 0 spiro atoms. The lowest BCUT2D eigenvalue weighted by Gasteiger charge is -2.31. The highest BCUT2D eigenvalue weighted by molar-refractivity contribution is 9.10. The van der Waals surface area contributed by atoms with Gasteiger partial charge in [0.1, 0.15) is 5.75 Å². The molecule has 0 fully saturated rings. The van der Waals surface area contributed by atoms with E-state index in [4.69, 9.17) is 4.74 Å². The number of hydrogen-bond acceptors (Lipinski definition) is 4. The number of amides is 1. The first-order chi connectivity index (χ1) is 12.4. The second kappa shape index (κ2) is 6.28. The number of halogens is 1. The highest BCUT2D eigenvalue weighted by Crippen LogP contribution is 2.36. The van der Waals surface area contributed by atoms with E-state index in [2.05, 4.69) is 21.2 Å². The number of aryl methyl sites for hydroxylation is 1. The fourth-order valence-electron chi connectivity index (χ4n) is 3.26. The van der Waals surface area contributed by atoms with Crippen LogP contribution < -0.4 is 14.4 Å². The van der Waals surface area contributed by atoms with E-state index >= 15 is 0 Å². The number of carbonyl (C=O) groups excluding carboxylic acids is 1. The average Bonchev–Trinajstić information content (AvgIpc) is 2.61. The van der Waals surface area contributed by atoms with Crippen molar-refractivity contribution in [3.8, 4) is 5.75 Å². The average molecular weight is 437 g/mol. The number of nitrogens with one attached hydrogen (secondary N) is 1. The Bertz CT molecular complexity index is 1010.